The number of hydrogen-bond donors (Lipinski definition) is 0. The third-order valence-corrected chi connectivity index (χ3v) is 2.02. The summed E-state index contributed by atoms with van der Waals surface area (Å²) in [7, 11) is 0. The second-order valence-electron chi connectivity index (χ2n) is 4.07. The molecule has 0 unspecified atom stereocenters. The Bertz CT molecular complexity index is 271. The van der Waals surface area contributed by atoms with Crippen molar-refractivity contribution >= 4 is 0 Å². The molecule has 0 amide bonds. The minimum Gasteiger partial charge on any atom is -0.244 e. The second-order valence-corrected chi connectivity index (χ2v) is 4.07. The summed E-state index contributed by atoms with van der Waals surface area (Å²) in [5.41, 5.74) is 1.26. The van der Waals surface area contributed by atoms with Gasteiger partial charge in [-0.05, 0) is 31.4 Å². The van der Waals surface area contributed by atoms with Gasteiger partial charge in [-0.15, -0.1) is 0 Å². The molecule has 0 spiro atoms. The summed E-state index contributed by atoms with van der Waals surface area (Å²) in [5, 5.41) is 0. The largest absolute Gasteiger partial charge is 0.244 e. The monoisotopic (exact) mass is 180 g/mol. The topological polar surface area (TPSA) is 0 Å². The first kappa shape index (κ1) is 10.2. The lowest BCUT2D eigenvalue weighted by Gasteiger charge is -2.14. The molecule has 1 rings (SSSR count). The molecule has 0 saturated carbocycles. The third-order valence-electron chi connectivity index (χ3n) is 2.02. The fraction of sp³-hybridized carbons (Fsp3) is 0.500. The molecule has 0 fully saturated rings. The van der Waals surface area contributed by atoms with Gasteiger partial charge < -0.3 is 0 Å². The minimum atomic E-state index is -1.10. The van der Waals surface area contributed by atoms with Crippen molar-refractivity contribution in [3.8, 4) is 0 Å². The van der Waals surface area contributed by atoms with Gasteiger partial charge >= 0.3 is 0 Å². The lowest BCUT2D eigenvalue weighted by Crippen LogP contribution is -2.15. The van der Waals surface area contributed by atoms with E-state index in [9.17, 15) is 4.39 Å². The number of aryl methyl sites for hydroxylation is 1. The molecule has 1 heteroatoms. The first-order chi connectivity index (χ1) is 6.01. The fourth-order valence-corrected chi connectivity index (χ4v) is 1.44. The van der Waals surface area contributed by atoms with Crippen LogP contribution in [0.15, 0.2) is 24.3 Å². The SMILES string of the molecule is CCc1cccc(CC(C)(C)F)c1. The average Bonchev–Trinajstić information content (AvgIpc) is 2.01. The molecular formula is C12H17F. The van der Waals surface area contributed by atoms with Crippen molar-refractivity contribution in [1.82, 2.24) is 0 Å². The van der Waals surface area contributed by atoms with Crippen LogP contribution < -0.4 is 0 Å². The molecule has 0 atom stereocenters. The van der Waals surface area contributed by atoms with Gasteiger partial charge in [0, 0.05) is 6.42 Å². The van der Waals surface area contributed by atoms with Crippen molar-refractivity contribution in [2.24, 2.45) is 0 Å². The van der Waals surface area contributed by atoms with E-state index in [4.69, 9.17) is 0 Å². The number of alkyl halides is 1. The van der Waals surface area contributed by atoms with Gasteiger partial charge in [0.2, 0.25) is 0 Å². The first-order valence-corrected chi connectivity index (χ1v) is 4.78. The Labute approximate surface area is 79.8 Å². The summed E-state index contributed by atoms with van der Waals surface area (Å²) in [4.78, 5) is 0. The molecule has 0 saturated heterocycles. The highest BCUT2D eigenvalue weighted by molar-refractivity contribution is 5.24. The van der Waals surface area contributed by atoms with Crippen molar-refractivity contribution in [1.29, 1.82) is 0 Å². The van der Waals surface area contributed by atoms with Gasteiger partial charge in [0.05, 0.1) is 0 Å². The molecule has 0 heterocycles. The van der Waals surface area contributed by atoms with Gasteiger partial charge in [-0.3, -0.25) is 0 Å². The Balaban J connectivity index is 2.78. The van der Waals surface area contributed by atoms with Gasteiger partial charge in [-0.2, -0.15) is 0 Å². The highest BCUT2D eigenvalue weighted by Gasteiger charge is 2.15. The van der Waals surface area contributed by atoms with Gasteiger partial charge in [-0.25, -0.2) is 4.39 Å². The van der Waals surface area contributed by atoms with Crippen LogP contribution in [0.2, 0.25) is 0 Å². The van der Waals surface area contributed by atoms with E-state index in [2.05, 4.69) is 19.1 Å². The van der Waals surface area contributed by atoms with Crippen molar-refractivity contribution in [3.05, 3.63) is 35.4 Å². The molecule has 13 heavy (non-hydrogen) atoms. The molecule has 0 N–H and O–H groups in total. The zero-order valence-corrected chi connectivity index (χ0v) is 8.60. The van der Waals surface area contributed by atoms with Crippen LogP contribution in [-0.2, 0) is 12.8 Å². The molecule has 0 aliphatic heterocycles. The Morgan fingerprint density at radius 3 is 2.38 bits per heavy atom. The summed E-state index contributed by atoms with van der Waals surface area (Å²) < 4.78 is 13.3. The molecule has 1 aromatic rings. The molecule has 0 aromatic heterocycles. The predicted octanol–water partition coefficient (Wildman–Crippen LogP) is 3.54. The Hall–Kier alpha value is -0.850. The minimum absolute atomic E-state index is 0.501. The van der Waals surface area contributed by atoms with Crippen LogP contribution in [0.4, 0.5) is 4.39 Å². The molecular weight excluding hydrogens is 163 g/mol. The molecule has 0 aliphatic rings. The maximum absolute atomic E-state index is 13.3. The van der Waals surface area contributed by atoms with Crippen molar-refractivity contribution in [3.63, 3.8) is 0 Å². The quantitative estimate of drug-likeness (QED) is 0.667. The van der Waals surface area contributed by atoms with Crippen LogP contribution in [0.25, 0.3) is 0 Å². The van der Waals surface area contributed by atoms with E-state index in [0.29, 0.717) is 6.42 Å². The molecule has 0 radical (unpaired) electrons. The predicted molar refractivity (Wildman–Crippen MR) is 54.7 cm³/mol. The lowest BCUT2D eigenvalue weighted by molar-refractivity contribution is 0.217. The highest BCUT2D eigenvalue weighted by Crippen LogP contribution is 2.17. The highest BCUT2D eigenvalue weighted by atomic mass is 19.1. The normalized spacial score (nSPS) is 11.7. The van der Waals surface area contributed by atoms with Gasteiger partial charge in [0.25, 0.3) is 0 Å². The van der Waals surface area contributed by atoms with Crippen LogP contribution >= 0.6 is 0 Å². The number of halogens is 1. The zero-order valence-electron chi connectivity index (χ0n) is 8.60. The summed E-state index contributed by atoms with van der Waals surface area (Å²) in [5.74, 6) is 0. The molecule has 1 aromatic carbocycles. The van der Waals surface area contributed by atoms with Crippen LogP contribution in [-0.4, -0.2) is 5.67 Å². The standard InChI is InChI=1S/C12H17F/c1-4-10-6-5-7-11(8-10)9-12(2,3)13/h5-8H,4,9H2,1-3H3. The summed E-state index contributed by atoms with van der Waals surface area (Å²) in [6.07, 6.45) is 1.52. The second kappa shape index (κ2) is 3.91. The molecule has 0 nitrogen and oxygen atoms in total. The van der Waals surface area contributed by atoms with Crippen LogP contribution in [0.1, 0.15) is 31.9 Å². The van der Waals surface area contributed by atoms with Crippen molar-refractivity contribution in [2.45, 2.75) is 39.3 Å². The van der Waals surface area contributed by atoms with Crippen LogP contribution in [0.3, 0.4) is 0 Å². The smallest absolute Gasteiger partial charge is 0.109 e. The summed E-state index contributed by atoms with van der Waals surface area (Å²) in [6.45, 7) is 5.34. The fourth-order valence-electron chi connectivity index (χ4n) is 1.44. The van der Waals surface area contributed by atoms with E-state index >= 15 is 0 Å². The summed E-state index contributed by atoms with van der Waals surface area (Å²) >= 11 is 0. The Morgan fingerprint density at radius 2 is 1.85 bits per heavy atom. The number of rotatable bonds is 3. The maximum atomic E-state index is 13.3. The summed E-state index contributed by atoms with van der Waals surface area (Å²) in [6, 6.07) is 8.15. The zero-order chi connectivity index (χ0) is 9.90. The van der Waals surface area contributed by atoms with Gasteiger partial charge in [0.15, 0.2) is 0 Å². The van der Waals surface area contributed by atoms with Gasteiger partial charge in [-0.1, -0.05) is 31.2 Å². The van der Waals surface area contributed by atoms with E-state index in [-0.39, 0.29) is 0 Å². The molecule has 0 aliphatic carbocycles. The van der Waals surface area contributed by atoms with E-state index < -0.39 is 5.67 Å². The van der Waals surface area contributed by atoms with Crippen molar-refractivity contribution in [2.75, 3.05) is 0 Å². The van der Waals surface area contributed by atoms with Crippen LogP contribution in [0.5, 0.6) is 0 Å². The Morgan fingerprint density at radius 1 is 1.23 bits per heavy atom. The van der Waals surface area contributed by atoms with E-state index in [1.807, 2.05) is 12.1 Å². The average molecular weight is 180 g/mol. The van der Waals surface area contributed by atoms with Crippen molar-refractivity contribution < 1.29 is 4.39 Å². The number of hydrogen-bond acceptors (Lipinski definition) is 0. The first-order valence-electron chi connectivity index (χ1n) is 4.78. The van der Waals surface area contributed by atoms with Crippen LogP contribution in [0, 0.1) is 0 Å². The molecule has 0 bridgehead atoms. The Kier molecular flexibility index (Phi) is 3.07. The number of benzene rings is 1. The molecule has 72 valence electrons. The van der Waals surface area contributed by atoms with E-state index in [1.165, 1.54) is 5.56 Å². The third kappa shape index (κ3) is 3.58. The van der Waals surface area contributed by atoms with Gasteiger partial charge in [0.1, 0.15) is 5.67 Å². The lowest BCUT2D eigenvalue weighted by atomic mass is 9.98. The van der Waals surface area contributed by atoms with E-state index in [1.54, 1.807) is 13.8 Å². The maximum Gasteiger partial charge on any atom is 0.109 e. The van der Waals surface area contributed by atoms with E-state index in [0.717, 1.165) is 12.0 Å².